The van der Waals surface area contributed by atoms with Crippen LogP contribution >= 0.6 is 0 Å². The van der Waals surface area contributed by atoms with Gasteiger partial charge in [-0.25, -0.2) is 4.79 Å². The summed E-state index contributed by atoms with van der Waals surface area (Å²) in [4.78, 5) is 19.9. The van der Waals surface area contributed by atoms with Gasteiger partial charge in [-0.3, -0.25) is 9.80 Å². The largest absolute Gasteiger partial charge is 0.497 e. The van der Waals surface area contributed by atoms with Crippen LogP contribution in [0.1, 0.15) is 55.7 Å². The molecule has 0 aliphatic carbocycles. The zero-order valence-corrected chi connectivity index (χ0v) is 21.3. The van der Waals surface area contributed by atoms with E-state index in [2.05, 4.69) is 24.8 Å². The van der Waals surface area contributed by atoms with Crippen molar-refractivity contribution >= 4 is 6.03 Å². The van der Waals surface area contributed by atoms with E-state index in [-0.39, 0.29) is 17.5 Å². The predicted octanol–water partition coefficient (Wildman–Crippen LogP) is 3.83. The number of aryl methyl sites for hydroxylation is 1. The second kappa shape index (κ2) is 8.91. The van der Waals surface area contributed by atoms with Gasteiger partial charge in [-0.05, 0) is 43.5 Å². The Balaban J connectivity index is 1.49. The molecule has 2 unspecified atom stereocenters. The van der Waals surface area contributed by atoms with E-state index < -0.39 is 6.23 Å². The normalized spacial score (nSPS) is 22.5. The molecule has 2 amide bonds. The number of aromatic nitrogens is 1. The molecule has 1 N–H and O–H groups in total. The number of hydrogen-bond donors (Lipinski definition) is 1. The quantitative estimate of drug-likeness (QED) is 0.705. The highest BCUT2D eigenvalue weighted by atomic mass is 16.5. The van der Waals surface area contributed by atoms with Gasteiger partial charge in [0.1, 0.15) is 17.7 Å². The molecule has 0 bridgehead atoms. The Kier molecular flexibility index (Phi) is 6.05. The summed E-state index contributed by atoms with van der Waals surface area (Å²) < 4.78 is 13.2. The average molecular weight is 481 g/mol. The maximum Gasteiger partial charge on any atom is 0.325 e. The summed E-state index contributed by atoms with van der Waals surface area (Å²) in [5.74, 6) is 1.60. The van der Waals surface area contributed by atoms with Crippen LogP contribution in [0.3, 0.4) is 0 Å². The van der Waals surface area contributed by atoms with Crippen molar-refractivity contribution in [2.75, 3.05) is 33.9 Å². The van der Waals surface area contributed by atoms with Gasteiger partial charge in [0.05, 0.1) is 32.0 Å². The van der Waals surface area contributed by atoms with E-state index in [4.69, 9.17) is 9.47 Å². The van der Waals surface area contributed by atoms with Gasteiger partial charge in [0.25, 0.3) is 0 Å². The number of rotatable bonds is 5. The van der Waals surface area contributed by atoms with Crippen molar-refractivity contribution in [2.24, 2.45) is 7.05 Å². The molecule has 3 aliphatic rings. The lowest BCUT2D eigenvalue weighted by molar-refractivity contribution is -0.0369. The lowest BCUT2D eigenvalue weighted by Gasteiger charge is -2.45. The van der Waals surface area contributed by atoms with Crippen LogP contribution in [0.4, 0.5) is 4.79 Å². The molecule has 1 spiro atoms. The molecular weight excluding hydrogens is 444 g/mol. The molecule has 4 heterocycles. The Morgan fingerprint density at radius 3 is 2.54 bits per heavy atom. The highest BCUT2D eigenvalue weighted by Gasteiger charge is 2.55. The molecule has 0 radical (unpaired) electrons. The second-order valence-electron chi connectivity index (χ2n) is 9.84. The van der Waals surface area contributed by atoms with Crippen molar-refractivity contribution in [3.05, 3.63) is 59.1 Å². The number of aliphatic hydroxyl groups is 1. The summed E-state index contributed by atoms with van der Waals surface area (Å²) >= 11 is 0. The van der Waals surface area contributed by atoms with E-state index in [1.54, 1.807) is 14.2 Å². The van der Waals surface area contributed by atoms with Crippen LogP contribution in [0.5, 0.6) is 11.5 Å². The highest BCUT2D eigenvalue weighted by molar-refractivity contribution is 5.83. The van der Waals surface area contributed by atoms with Crippen LogP contribution in [-0.4, -0.2) is 69.8 Å². The lowest BCUT2D eigenvalue weighted by atomic mass is 9.82. The van der Waals surface area contributed by atoms with Gasteiger partial charge in [-0.2, -0.15) is 0 Å². The molecule has 3 aliphatic heterocycles. The predicted molar refractivity (Wildman–Crippen MR) is 133 cm³/mol. The van der Waals surface area contributed by atoms with E-state index in [9.17, 15) is 9.90 Å². The lowest BCUT2D eigenvalue weighted by Crippen LogP contribution is -2.54. The van der Waals surface area contributed by atoms with Crippen LogP contribution in [-0.2, 0) is 13.6 Å². The molecular formula is C27H36N4O4. The summed E-state index contributed by atoms with van der Waals surface area (Å²) in [5, 5.41) is 11.0. The summed E-state index contributed by atoms with van der Waals surface area (Å²) in [5.41, 5.74) is 3.76. The maximum atomic E-state index is 13.8. The number of nitrogens with zero attached hydrogens (tertiary/aromatic N) is 4. The van der Waals surface area contributed by atoms with Crippen LogP contribution < -0.4 is 9.47 Å². The fourth-order valence-electron chi connectivity index (χ4n) is 6.33. The van der Waals surface area contributed by atoms with Gasteiger partial charge in [-0.15, -0.1) is 0 Å². The number of ether oxygens (including phenoxy) is 2. The third-order valence-electron chi connectivity index (χ3n) is 8.13. The summed E-state index contributed by atoms with van der Waals surface area (Å²) in [6.07, 6.45) is 5.12. The van der Waals surface area contributed by atoms with Crippen molar-refractivity contribution in [3.8, 4) is 11.5 Å². The minimum atomic E-state index is -0.654. The molecule has 188 valence electrons. The number of methoxy groups -OCH3 is 2. The summed E-state index contributed by atoms with van der Waals surface area (Å²) in [6.45, 7) is 6.79. The number of likely N-dealkylation sites (N-methyl/N-ethyl adjacent to an activating group) is 1. The minimum Gasteiger partial charge on any atom is -0.497 e. The number of urea groups is 1. The van der Waals surface area contributed by atoms with Gasteiger partial charge >= 0.3 is 6.03 Å². The van der Waals surface area contributed by atoms with E-state index in [1.807, 2.05) is 51.9 Å². The Morgan fingerprint density at radius 2 is 1.94 bits per heavy atom. The Hall–Kier alpha value is -2.97. The number of likely N-dealkylation sites (tertiary alicyclic amines) is 1. The van der Waals surface area contributed by atoms with Crippen molar-refractivity contribution in [3.63, 3.8) is 0 Å². The smallest absolute Gasteiger partial charge is 0.325 e. The van der Waals surface area contributed by atoms with E-state index >= 15 is 0 Å². The zero-order valence-electron chi connectivity index (χ0n) is 21.3. The van der Waals surface area contributed by atoms with E-state index in [1.165, 1.54) is 0 Å². The maximum absolute atomic E-state index is 13.8. The third-order valence-corrected chi connectivity index (χ3v) is 8.13. The second-order valence-corrected chi connectivity index (χ2v) is 9.84. The van der Waals surface area contributed by atoms with Crippen LogP contribution in [0.15, 0.2) is 42.2 Å². The molecule has 5 rings (SSSR count). The molecule has 8 nitrogen and oxygen atoms in total. The molecule has 35 heavy (non-hydrogen) atoms. The first-order chi connectivity index (χ1) is 16.8. The zero-order chi connectivity index (χ0) is 24.9. The van der Waals surface area contributed by atoms with Gasteiger partial charge in [0.15, 0.2) is 0 Å². The molecule has 2 aromatic rings. The monoisotopic (exact) mass is 480 g/mol. The fourth-order valence-corrected chi connectivity index (χ4v) is 6.33. The molecule has 2 atom stereocenters. The number of fused-ring (bicyclic) bond motifs is 3. The Labute approximate surface area is 207 Å². The van der Waals surface area contributed by atoms with Crippen molar-refractivity contribution < 1.29 is 19.4 Å². The Morgan fingerprint density at radius 1 is 1.20 bits per heavy atom. The topological polar surface area (TPSA) is 70.4 Å². The number of allylic oxidation sites excluding steroid dienone is 1. The summed E-state index contributed by atoms with van der Waals surface area (Å²) in [7, 11) is 5.28. The standard InChI is InChI=1S/C27H36N4O4/c1-6-31-26(33)30-17-19-15-20(34-4)16-22(35-5)24(19)18(2)14-23(30)27(31)9-12-29(13-10-27)25(32)21-8-7-11-28(21)3/h7-8,11,14-16,18,25,32H,6,9-10,12-13,17H2,1-5H3. The van der Waals surface area contributed by atoms with Gasteiger partial charge < -0.3 is 24.0 Å². The molecule has 2 saturated heterocycles. The molecule has 0 saturated carbocycles. The van der Waals surface area contributed by atoms with Crippen LogP contribution in [0.2, 0.25) is 0 Å². The van der Waals surface area contributed by atoms with E-state index in [0.29, 0.717) is 26.2 Å². The van der Waals surface area contributed by atoms with Gasteiger partial charge in [0.2, 0.25) is 0 Å². The first-order valence-corrected chi connectivity index (χ1v) is 12.4. The summed E-state index contributed by atoms with van der Waals surface area (Å²) in [6, 6.07) is 7.91. The SMILES string of the molecule is CCN1C(=O)N2Cc3cc(OC)cc(OC)c3C(C)C=C2C12CCN(C(O)c1cccn1C)CC2. The highest BCUT2D eigenvalue weighted by Crippen LogP contribution is 2.49. The van der Waals surface area contributed by atoms with Gasteiger partial charge in [0, 0.05) is 56.1 Å². The number of piperidine rings is 1. The fraction of sp³-hybridized carbons (Fsp3) is 0.519. The average Bonchev–Trinajstić information content (AvgIpc) is 3.32. The first-order valence-electron chi connectivity index (χ1n) is 12.4. The first kappa shape index (κ1) is 23.8. The Bertz CT molecular complexity index is 1150. The van der Waals surface area contributed by atoms with Gasteiger partial charge in [-0.1, -0.05) is 13.0 Å². The number of carbonyl (C=O) groups excluding carboxylic acids is 1. The van der Waals surface area contributed by atoms with Crippen molar-refractivity contribution in [1.82, 2.24) is 19.3 Å². The minimum absolute atomic E-state index is 0.0528. The number of amides is 2. The van der Waals surface area contributed by atoms with Crippen molar-refractivity contribution in [2.45, 2.75) is 50.9 Å². The van der Waals surface area contributed by atoms with Crippen LogP contribution in [0.25, 0.3) is 0 Å². The van der Waals surface area contributed by atoms with Crippen molar-refractivity contribution in [1.29, 1.82) is 0 Å². The molecule has 2 fully saturated rings. The molecule has 8 heteroatoms. The number of benzene rings is 1. The third kappa shape index (κ3) is 3.62. The van der Waals surface area contributed by atoms with E-state index in [0.717, 1.165) is 46.9 Å². The molecule has 1 aromatic carbocycles. The number of carbonyl (C=O) groups is 1. The molecule has 1 aromatic heterocycles. The van der Waals surface area contributed by atoms with Crippen LogP contribution in [0, 0.1) is 0 Å². The number of hydrogen-bond acceptors (Lipinski definition) is 5. The number of aliphatic hydroxyl groups excluding tert-OH is 1.